The van der Waals surface area contributed by atoms with Crippen LogP contribution in [-0.4, -0.2) is 23.7 Å². The van der Waals surface area contributed by atoms with Crippen LogP contribution in [0.5, 0.6) is 0 Å². The topological polar surface area (TPSA) is 75.3 Å². The molecule has 0 bridgehead atoms. The molecule has 4 N–H and O–H groups in total. The summed E-state index contributed by atoms with van der Waals surface area (Å²) in [6.07, 6.45) is -0.629. The van der Waals surface area contributed by atoms with Gasteiger partial charge in [-0.25, -0.2) is 4.39 Å². The predicted molar refractivity (Wildman–Crippen MR) is 54.8 cm³/mol. The fourth-order valence-electron chi connectivity index (χ4n) is 1.08. The van der Waals surface area contributed by atoms with Crippen molar-refractivity contribution >= 4 is 11.6 Å². The van der Waals surface area contributed by atoms with Crippen LogP contribution in [0.4, 0.5) is 10.1 Å². The average Bonchev–Trinajstić information content (AvgIpc) is 2.14. The summed E-state index contributed by atoms with van der Waals surface area (Å²) in [5, 5.41) is 11.4. The molecule has 0 aliphatic rings. The molecule has 0 saturated carbocycles. The molecule has 0 aliphatic heterocycles. The lowest BCUT2D eigenvalue weighted by atomic mass is 10.1. The number of carbonyl (C=O) groups excluding carboxylic acids is 1. The molecule has 0 aliphatic carbocycles. The Morgan fingerprint density at radius 1 is 1.67 bits per heavy atom. The summed E-state index contributed by atoms with van der Waals surface area (Å²) in [7, 11) is 0. The first-order valence-electron chi connectivity index (χ1n) is 4.52. The van der Waals surface area contributed by atoms with Crippen LogP contribution in [0.3, 0.4) is 0 Å². The summed E-state index contributed by atoms with van der Waals surface area (Å²) in [5.41, 5.74) is 5.75. The maximum atomic E-state index is 12.7. The SMILES string of the molecule is CC(O)CNC(=O)c1ccc(F)cc1N. The zero-order valence-corrected chi connectivity index (χ0v) is 8.33. The summed E-state index contributed by atoms with van der Waals surface area (Å²) < 4.78 is 12.7. The van der Waals surface area contributed by atoms with Gasteiger partial charge in [-0.15, -0.1) is 0 Å². The van der Waals surface area contributed by atoms with Gasteiger partial charge in [-0.1, -0.05) is 0 Å². The fourth-order valence-corrected chi connectivity index (χ4v) is 1.08. The Morgan fingerprint density at radius 3 is 2.87 bits per heavy atom. The summed E-state index contributed by atoms with van der Waals surface area (Å²) in [6.45, 7) is 1.68. The van der Waals surface area contributed by atoms with Gasteiger partial charge in [-0.3, -0.25) is 4.79 Å². The van der Waals surface area contributed by atoms with Gasteiger partial charge in [0.1, 0.15) is 5.82 Å². The van der Waals surface area contributed by atoms with Crippen LogP contribution in [0.1, 0.15) is 17.3 Å². The van der Waals surface area contributed by atoms with E-state index in [-0.39, 0.29) is 17.8 Å². The molecular weight excluding hydrogens is 199 g/mol. The molecule has 5 heteroatoms. The van der Waals surface area contributed by atoms with E-state index < -0.39 is 17.8 Å². The minimum Gasteiger partial charge on any atom is -0.398 e. The van der Waals surface area contributed by atoms with E-state index in [1.54, 1.807) is 6.92 Å². The van der Waals surface area contributed by atoms with Crippen molar-refractivity contribution < 1.29 is 14.3 Å². The number of carbonyl (C=O) groups is 1. The second-order valence-corrected chi connectivity index (χ2v) is 3.29. The van der Waals surface area contributed by atoms with Gasteiger partial charge in [-0.2, -0.15) is 0 Å². The van der Waals surface area contributed by atoms with Gasteiger partial charge in [0.25, 0.3) is 5.91 Å². The van der Waals surface area contributed by atoms with E-state index in [4.69, 9.17) is 10.8 Å². The third-order valence-corrected chi connectivity index (χ3v) is 1.82. The van der Waals surface area contributed by atoms with Crippen molar-refractivity contribution in [1.29, 1.82) is 0 Å². The number of rotatable bonds is 3. The van der Waals surface area contributed by atoms with Crippen molar-refractivity contribution in [2.45, 2.75) is 13.0 Å². The van der Waals surface area contributed by atoms with E-state index in [9.17, 15) is 9.18 Å². The molecule has 1 aromatic carbocycles. The van der Waals surface area contributed by atoms with Gasteiger partial charge in [-0.05, 0) is 25.1 Å². The Hall–Kier alpha value is -1.62. The van der Waals surface area contributed by atoms with E-state index in [2.05, 4.69) is 5.32 Å². The van der Waals surface area contributed by atoms with Crippen LogP contribution in [0.25, 0.3) is 0 Å². The van der Waals surface area contributed by atoms with E-state index in [1.165, 1.54) is 6.07 Å². The molecular formula is C10H13FN2O2. The molecule has 1 aromatic rings. The quantitative estimate of drug-likeness (QED) is 0.639. The Bertz CT molecular complexity index is 366. The number of nitrogen functional groups attached to an aromatic ring is 1. The first-order chi connectivity index (χ1) is 7.00. The molecule has 0 fully saturated rings. The largest absolute Gasteiger partial charge is 0.398 e. The summed E-state index contributed by atoms with van der Waals surface area (Å²) >= 11 is 0. The third kappa shape index (κ3) is 3.21. The molecule has 0 radical (unpaired) electrons. The molecule has 4 nitrogen and oxygen atoms in total. The molecule has 1 amide bonds. The van der Waals surface area contributed by atoms with Gasteiger partial charge in [0.2, 0.25) is 0 Å². The fraction of sp³-hybridized carbons (Fsp3) is 0.300. The second-order valence-electron chi connectivity index (χ2n) is 3.29. The predicted octanol–water partition coefficient (Wildman–Crippen LogP) is 0.519. The number of aliphatic hydroxyl groups is 1. The van der Waals surface area contributed by atoms with Crippen molar-refractivity contribution in [3.63, 3.8) is 0 Å². The molecule has 1 atom stereocenters. The molecule has 0 spiro atoms. The van der Waals surface area contributed by atoms with Crippen molar-refractivity contribution in [1.82, 2.24) is 5.32 Å². The van der Waals surface area contributed by atoms with E-state index in [0.29, 0.717) is 0 Å². The zero-order valence-electron chi connectivity index (χ0n) is 8.33. The molecule has 0 aromatic heterocycles. The Kier molecular flexibility index (Phi) is 3.62. The molecule has 0 heterocycles. The maximum absolute atomic E-state index is 12.7. The van der Waals surface area contributed by atoms with Crippen molar-refractivity contribution in [2.24, 2.45) is 0 Å². The number of hydrogen-bond donors (Lipinski definition) is 3. The zero-order chi connectivity index (χ0) is 11.4. The maximum Gasteiger partial charge on any atom is 0.253 e. The Balaban J connectivity index is 2.74. The highest BCUT2D eigenvalue weighted by Crippen LogP contribution is 2.12. The Morgan fingerprint density at radius 2 is 2.33 bits per heavy atom. The molecule has 0 saturated heterocycles. The van der Waals surface area contributed by atoms with Crippen molar-refractivity contribution in [2.75, 3.05) is 12.3 Å². The Labute approximate surface area is 86.9 Å². The van der Waals surface area contributed by atoms with Crippen LogP contribution in [0, 0.1) is 5.82 Å². The third-order valence-electron chi connectivity index (χ3n) is 1.82. The number of benzene rings is 1. The standard InChI is InChI=1S/C10H13FN2O2/c1-6(14)5-13-10(15)8-3-2-7(11)4-9(8)12/h2-4,6,14H,5,12H2,1H3,(H,13,15). The number of anilines is 1. The number of hydrogen-bond acceptors (Lipinski definition) is 3. The normalized spacial score (nSPS) is 12.2. The molecule has 82 valence electrons. The highest BCUT2D eigenvalue weighted by Gasteiger charge is 2.10. The van der Waals surface area contributed by atoms with Gasteiger partial charge >= 0.3 is 0 Å². The smallest absolute Gasteiger partial charge is 0.253 e. The van der Waals surface area contributed by atoms with Crippen LogP contribution in [0.15, 0.2) is 18.2 Å². The number of nitrogens with two attached hydrogens (primary N) is 1. The van der Waals surface area contributed by atoms with Gasteiger partial charge in [0.15, 0.2) is 0 Å². The van der Waals surface area contributed by atoms with Crippen molar-refractivity contribution in [3.8, 4) is 0 Å². The molecule has 1 unspecified atom stereocenters. The summed E-state index contributed by atoms with van der Waals surface area (Å²) in [6, 6.07) is 3.55. The summed E-state index contributed by atoms with van der Waals surface area (Å²) in [5.74, 6) is -0.909. The minimum atomic E-state index is -0.629. The number of halogens is 1. The number of aliphatic hydroxyl groups excluding tert-OH is 1. The lowest BCUT2D eigenvalue weighted by Crippen LogP contribution is -2.31. The monoisotopic (exact) mass is 212 g/mol. The lowest BCUT2D eigenvalue weighted by Gasteiger charge is -2.08. The van der Waals surface area contributed by atoms with Crippen LogP contribution < -0.4 is 11.1 Å². The van der Waals surface area contributed by atoms with Crippen molar-refractivity contribution in [3.05, 3.63) is 29.6 Å². The van der Waals surface area contributed by atoms with Crippen LogP contribution in [-0.2, 0) is 0 Å². The van der Waals surface area contributed by atoms with E-state index in [0.717, 1.165) is 12.1 Å². The van der Waals surface area contributed by atoms with Crippen LogP contribution in [0.2, 0.25) is 0 Å². The lowest BCUT2D eigenvalue weighted by molar-refractivity contribution is 0.0925. The van der Waals surface area contributed by atoms with Gasteiger partial charge in [0.05, 0.1) is 11.7 Å². The first kappa shape index (κ1) is 11.5. The van der Waals surface area contributed by atoms with Gasteiger partial charge in [0, 0.05) is 12.2 Å². The highest BCUT2D eigenvalue weighted by atomic mass is 19.1. The average molecular weight is 212 g/mol. The van der Waals surface area contributed by atoms with Crippen LogP contribution >= 0.6 is 0 Å². The molecule has 15 heavy (non-hydrogen) atoms. The van der Waals surface area contributed by atoms with E-state index >= 15 is 0 Å². The number of amides is 1. The van der Waals surface area contributed by atoms with Gasteiger partial charge < -0.3 is 16.2 Å². The minimum absolute atomic E-state index is 0.0816. The molecule has 1 rings (SSSR count). The first-order valence-corrected chi connectivity index (χ1v) is 4.52. The summed E-state index contributed by atoms with van der Waals surface area (Å²) in [4.78, 5) is 11.5. The second kappa shape index (κ2) is 4.75. The highest BCUT2D eigenvalue weighted by molar-refractivity contribution is 5.99. The number of nitrogens with one attached hydrogen (secondary N) is 1. The van der Waals surface area contributed by atoms with E-state index in [1.807, 2.05) is 0 Å².